The Morgan fingerprint density at radius 2 is 0.720 bits per heavy atom. The average Bonchev–Trinajstić information content (AvgIpc) is 1.55. The number of nitrogens with zero attached hydrogens (tertiary/aromatic N) is 10. The van der Waals surface area contributed by atoms with Crippen molar-refractivity contribution in [2.75, 3.05) is 9.80 Å². The predicted octanol–water partition coefficient (Wildman–Crippen LogP) is 20.7. The van der Waals surface area contributed by atoms with Gasteiger partial charge in [-0.05, 0) is 113 Å². The van der Waals surface area contributed by atoms with Gasteiger partial charge in [0, 0.05) is 109 Å². The van der Waals surface area contributed by atoms with E-state index in [4.69, 9.17) is 38.7 Å². The summed E-state index contributed by atoms with van der Waals surface area (Å²) in [7, 11) is 0. The Morgan fingerprint density at radius 3 is 1.22 bits per heavy atom. The molecule has 0 bridgehead atoms. The molecule has 12 heteroatoms. The van der Waals surface area contributed by atoms with Crippen molar-refractivity contribution in [1.82, 2.24) is 39.9 Å². The van der Waals surface area contributed by atoms with E-state index in [0.29, 0.717) is 34.9 Å². The normalized spacial score (nSPS) is 15.9. The zero-order valence-corrected chi connectivity index (χ0v) is 53.8. The van der Waals surface area contributed by atoms with Crippen LogP contribution in [0.5, 0.6) is 0 Å². The van der Waals surface area contributed by atoms with E-state index in [-0.39, 0.29) is 23.9 Å². The van der Waals surface area contributed by atoms with Crippen LogP contribution in [-0.4, -0.2) is 52.0 Å². The summed E-state index contributed by atoms with van der Waals surface area (Å²) in [6, 6.07) is 96.0. The van der Waals surface area contributed by atoms with Crippen LogP contribution in [0, 0.1) is 0 Å². The number of furan rings is 2. The van der Waals surface area contributed by atoms with Crippen LogP contribution in [-0.2, 0) is 0 Å². The number of hydrogen-bond acceptors (Lipinski definition) is 12. The summed E-state index contributed by atoms with van der Waals surface area (Å²) in [5.74, 6) is 5.37. The Labute approximate surface area is 576 Å². The SMILES string of the molecule is C1=CC2C(c3ccccc3N2c2ccccc2)c2c1oc1c(-c3nc(-c4ccccc4)nc(-c4ccccc4)n3)cc(-c3cccnc3)cc21.C1=CC2C(c3ccccc3N2c2ccccc2)c2c1oc1c(-c3nc(-c4ccccc4)nc(-c4ccccc4)n3)ccc(-c3ccncc3)c21. The maximum atomic E-state index is 6.97. The van der Waals surface area contributed by atoms with Crippen molar-refractivity contribution in [3.8, 4) is 90.6 Å². The van der Waals surface area contributed by atoms with Crippen molar-refractivity contribution in [3.05, 3.63) is 350 Å². The zero-order valence-electron chi connectivity index (χ0n) is 53.8. The van der Waals surface area contributed by atoms with Gasteiger partial charge in [-0.15, -0.1) is 0 Å². The second-order valence-electron chi connectivity index (χ2n) is 25.3. The van der Waals surface area contributed by atoms with Gasteiger partial charge in [-0.25, -0.2) is 29.9 Å². The fourth-order valence-corrected chi connectivity index (χ4v) is 15.2. The molecule has 0 saturated heterocycles. The van der Waals surface area contributed by atoms with Crippen molar-refractivity contribution in [2.24, 2.45) is 0 Å². The lowest BCUT2D eigenvalue weighted by atomic mass is 9.81. The van der Waals surface area contributed by atoms with Crippen LogP contribution < -0.4 is 9.80 Å². The van der Waals surface area contributed by atoms with Gasteiger partial charge in [0.05, 0.1) is 23.2 Å². The molecule has 4 aliphatic rings. The first-order valence-electron chi connectivity index (χ1n) is 33.6. The van der Waals surface area contributed by atoms with E-state index in [1.165, 1.54) is 33.6 Å². The maximum Gasteiger partial charge on any atom is 0.167 e. The summed E-state index contributed by atoms with van der Waals surface area (Å²) in [4.78, 5) is 44.0. The first-order valence-corrected chi connectivity index (χ1v) is 33.6. The summed E-state index contributed by atoms with van der Waals surface area (Å²) in [5.41, 5.74) is 20.7. The number of anilines is 4. The summed E-state index contributed by atoms with van der Waals surface area (Å²) < 4.78 is 13.9. The van der Waals surface area contributed by atoms with Gasteiger partial charge in [0.15, 0.2) is 34.9 Å². The van der Waals surface area contributed by atoms with Crippen molar-refractivity contribution in [2.45, 2.75) is 23.9 Å². The molecule has 0 amide bonds. The minimum Gasteiger partial charge on any atom is -0.456 e. The number of rotatable bonds is 10. The monoisotopic (exact) mass is 1290 g/mol. The molecule has 0 N–H and O–H groups in total. The third-order valence-corrected chi connectivity index (χ3v) is 19.6. The standard InChI is InChI=1S/2C44H29N5O/c1-4-13-28(14-5-1)42-46-43(29-15-6-2-7-16-29)48-44(47-42)35-26-31(30-17-12-24-45-27-30)25-34-40-38(50-41(34)35)23-22-37-39(40)33-20-10-11-21-36(33)49(37)32-18-8-3-9-19-32;1-4-12-29(13-5-1)42-46-43(30-14-6-2-7-15-30)48-44(47-42)34-21-20-32(28-24-26-45-27-25-28)39-40-37(50-41(34)39)23-22-36-38(40)33-18-10-11-19-35(33)49(36)31-16-8-3-9-17-31/h1-27,37,39H;1-27,36,38H. The van der Waals surface area contributed by atoms with Gasteiger partial charge in [0.25, 0.3) is 0 Å². The average molecular weight is 1290 g/mol. The molecule has 472 valence electrons. The topological polar surface area (TPSA) is 136 Å². The van der Waals surface area contributed by atoms with Gasteiger partial charge in [-0.1, -0.05) is 218 Å². The molecule has 12 nitrogen and oxygen atoms in total. The fraction of sp³-hybridized carbons (Fsp3) is 0.0455. The van der Waals surface area contributed by atoms with Crippen molar-refractivity contribution in [3.63, 3.8) is 0 Å². The Bertz CT molecular complexity index is 5700. The molecule has 4 atom stereocenters. The van der Waals surface area contributed by atoms with Crippen molar-refractivity contribution >= 4 is 56.8 Å². The van der Waals surface area contributed by atoms with Crippen LogP contribution in [0.1, 0.15) is 45.6 Å². The third kappa shape index (κ3) is 9.99. The molecular weight excluding hydrogens is 1230 g/mol. The predicted molar refractivity (Wildman–Crippen MR) is 398 cm³/mol. The van der Waals surface area contributed by atoms with Crippen molar-refractivity contribution in [1.29, 1.82) is 0 Å². The largest absolute Gasteiger partial charge is 0.456 e. The summed E-state index contributed by atoms with van der Waals surface area (Å²) in [5, 5.41) is 2.11. The van der Waals surface area contributed by atoms with Crippen LogP contribution >= 0.6 is 0 Å². The number of fused-ring (bicyclic) bond motifs is 14. The van der Waals surface area contributed by atoms with E-state index in [2.05, 4.69) is 196 Å². The summed E-state index contributed by atoms with van der Waals surface area (Å²) in [6.07, 6.45) is 16.3. The van der Waals surface area contributed by atoms with E-state index < -0.39 is 0 Å². The van der Waals surface area contributed by atoms with Crippen LogP contribution in [0.25, 0.3) is 125 Å². The Kier molecular flexibility index (Phi) is 14.2. The highest BCUT2D eigenvalue weighted by molar-refractivity contribution is 6.06. The van der Waals surface area contributed by atoms with Gasteiger partial charge in [0.1, 0.15) is 22.7 Å². The van der Waals surface area contributed by atoms with Gasteiger partial charge in [-0.3, -0.25) is 9.97 Å². The minimum atomic E-state index is 0.0432. The van der Waals surface area contributed by atoms with Gasteiger partial charge >= 0.3 is 0 Å². The molecule has 20 rings (SSSR count). The second-order valence-corrected chi connectivity index (χ2v) is 25.3. The Balaban J connectivity index is 0.000000139. The minimum absolute atomic E-state index is 0.0432. The third-order valence-electron chi connectivity index (χ3n) is 19.6. The molecule has 0 radical (unpaired) electrons. The number of para-hydroxylation sites is 4. The maximum absolute atomic E-state index is 6.97. The fourth-order valence-electron chi connectivity index (χ4n) is 15.2. The van der Waals surface area contributed by atoms with E-state index in [1.807, 2.05) is 146 Å². The molecule has 2 aliphatic heterocycles. The number of pyridine rings is 2. The van der Waals surface area contributed by atoms with Gasteiger partial charge < -0.3 is 18.6 Å². The number of aromatic nitrogens is 8. The Hall–Kier alpha value is -13.3. The van der Waals surface area contributed by atoms with E-state index in [1.54, 1.807) is 6.20 Å². The van der Waals surface area contributed by atoms with Gasteiger partial charge in [-0.2, -0.15) is 0 Å². The molecule has 0 spiro atoms. The number of hydrogen-bond donors (Lipinski definition) is 0. The summed E-state index contributed by atoms with van der Waals surface area (Å²) in [6.45, 7) is 0. The van der Waals surface area contributed by atoms with E-state index >= 15 is 0 Å². The highest BCUT2D eigenvalue weighted by Gasteiger charge is 2.46. The van der Waals surface area contributed by atoms with Crippen LogP contribution in [0.4, 0.5) is 22.7 Å². The molecule has 0 fully saturated rings. The molecule has 8 heterocycles. The van der Waals surface area contributed by atoms with Crippen LogP contribution in [0.15, 0.2) is 325 Å². The molecule has 0 saturated carbocycles. The lowest BCUT2D eigenvalue weighted by Crippen LogP contribution is -2.30. The molecule has 2 aliphatic carbocycles. The summed E-state index contributed by atoms with van der Waals surface area (Å²) >= 11 is 0. The van der Waals surface area contributed by atoms with Gasteiger partial charge in [0.2, 0.25) is 0 Å². The lowest BCUT2D eigenvalue weighted by Gasteiger charge is -2.30. The molecule has 10 aromatic carbocycles. The smallest absolute Gasteiger partial charge is 0.167 e. The van der Waals surface area contributed by atoms with E-state index in [9.17, 15) is 0 Å². The lowest BCUT2D eigenvalue weighted by molar-refractivity contribution is 0.584. The Morgan fingerprint density at radius 1 is 0.300 bits per heavy atom. The molecule has 4 unspecified atom stereocenters. The molecule has 16 aromatic rings. The highest BCUT2D eigenvalue weighted by atomic mass is 16.3. The van der Waals surface area contributed by atoms with Crippen molar-refractivity contribution < 1.29 is 8.83 Å². The molecule has 100 heavy (non-hydrogen) atoms. The second kappa shape index (κ2) is 24.4. The highest BCUT2D eigenvalue weighted by Crippen LogP contribution is 2.57. The molecule has 6 aromatic heterocycles. The van der Waals surface area contributed by atoms with E-state index in [0.717, 1.165) is 100 Å². The quantitative estimate of drug-likeness (QED) is 0.129. The van der Waals surface area contributed by atoms with Crippen LogP contribution in [0.3, 0.4) is 0 Å². The first kappa shape index (κ1) is 58.1. The van der Waals surface area contributed by atoms with Crippen LogP contribution in [0.2, 0.25) is 0 Å². The zero-order chi connectivity index (χ0) is 66.0. The molecular formula is C88H58N10O2. The first-order chi connectivity index (χ1) is 49.6. The number of benzene rings is 10.